The Balaban J connectivity index is 3.05. The summed E-state index contributed by atoms with van der Waals surface area (Å²) in [6.07, 6.45) is 2.07. The molecule has 1 aromatic heterocycles. The third-order valence-electron chi connectivity index (χ3n) is 1.42. The molecule has 0 aromatic carbocycles. The molecule has 0 unspecified atom stereocenters. The molecule has 0 radical (unpaired) electrons. The molecule has 1 heterocycles. The van der Waals surface area contributed by atoms with Crippen molar-refractivity contribution in [1.82, 2.24) is 4.57 Å². The van der Waals surface area contributed by atoms with Gasteiger partial charge in [0.15, 0.2) is 0 Å². The summed E-state index contributed by atoms with van der Waals surface area (Å²) in [5.74, 6) is 0. The van der Waals surface area contributed by atoms with Gasteiger partial charge >= 0.3 is 0 Å². The van der Waals surface area contributed by atoms with Gasteiger partial charge in [0.05, 0.1) is 4.60 Å². The van der Waals surface area contributed by atoms with E-state index >= 15 is 0 Å². The second kappa shape index (κ2) is 2.42. The van der Waals surface area contributed by atoms with E-state index in [1.165, 1.54) is 0 Å². The fourth-order valence-corrected chi connectivity index (χ4v) is 1.71. The minimum atomic E-state index is 0.183. The molecule has 0 N–H and O–H groups in total. The number of nitrogens with zero attached hydrogens (tertiary/aromatic N) is 1. The van der Waals surface area contributed by atoms with Crippen molar-refractivity contribution >= 4 is 15.9 Å². The molecule has 0 aliphatic rings. The van der Waals surface area contributed by atoms with E-state index in [0.29, 0.717) is 0 Å². The first kappa shape index (κ1) is 7.86. The summed E-state index contributed by atoms with van der Waals surface area (Å²) < 4.78 is 3.33. The molecule has 0 aliphatic carbocycles. The Labute approximate surface area is 70.2 Å². The molecule has 0 atom stereocenters. The first-order valence-electron chi connectivity index (χ1n) is 3.35. The fraction of sp³-hybridized carbons (Fsp3) is 0.500. The molecule has 0 saturated carbocycles. The van der Waals surface area contributed by atoms with Gasteiger partial charge in [-0.25, -0.2) is 0 Å². The van der Waals surface area contributed by atoms with Crippen LogP contribution in [0.25, 0.3) is 0 Å². The average Bonchev–Trinajstić information content (AvgIpc) is 2.11. The van der Waals surface area contributed by atoms with Gasteiger partial charge in [-0.15, -0.1) is 0 Å². The summed E-state index contributed by atoms with van der Waals surface area (Å²) in [6.45, 7) is 6.54. The summed E-state index contributed by atoms with van der Waals surface area (Å²) >= 11 is 3.46. The first-order chi connectivity index (χ1) is 4.52. The number of rotatable bonds is 0. The van der Waals surface area contributed by atoms with E-state index in [9.17, 15) is 0 Å². The van der Waals surface area contributed by atoms with Gasteiger partial charge in [-0.1, -0.05) is 0 Å². The highest BCUT2D eigenvalue weighted by Gasteiger charge is 2.13. The summed E-state index contributed by atoms with van der Waals surface area (Å²) in [5, 5.41) is 0. The zero-order chi connectivity index (χ0) is 7.78. The molecule has 0 saturated heterocycles. The fourth-order valence-electron chi connectivity index (χ4n) is 0.904. The lowest BCUT2D eigenvalue weighted by Crippen LogP contribution is -2.20. The second-order valence-corrected chi connectivity index (χ2v) is 4.18. The van der Waals surface area contributed by atoms with Crippen LogP contribution in [0.3, 0.4) is 0 Å². The van der Waals surface area contributed by atoms with Gasteiger partial charge in [-0.3, -0.25) is 0 Å². The Kier molecular flexibility index (Phi) is 1.90. The van der Waals surface area contributed by atoms with Crippen molar-refractivity contribution in [2.75, 3.05) is 0 Å². The SMILES string of the molecule is CC(C)(C)n1cccc1Br. The Morgan fingerprint density at radius 1 is 1.40 bits per heavy atom. The van der Waals surface area contributed by atoms with Crippen LogP contribution in [0.15, 0.2) is 22.9 Å². The monoisotopic (exact) mass is 201 g/mol. The van der Waals surface area contributed by atoms with E-state index in [1.807, 2.05) is 12.1 Å². The zero-order valence-electron chi connectivity index (χ0n) is 6.56. The van der Waals surface area contributed by atoms with Gasteiger partial charge in [0.25, 0.3) is 0 Å². The van der Waals surface area contributed by atoms with Gasteiger partial charge in [-0.2, -0.15) is 0 Å². The third-order valence-corrected chi connectivity index (χ3v) is 2.07. The van der Waals surface area contributed by atoms with Crippen LogP contribution in [-0.2, 0) is 5.54 Å². The van der Waals surface area contributed by atoms with Crippen molar-refractivity contribution in [3.63, 3.8) is 0 Å². The molecular formula is C8H12BrN. The Hall–Kier alpha value is -0.240. The molecule has 0 spiro atoms. The van der Waals surface area contributed by atoms with Crippen LogP contribution in [0.1, 0.15) is 20.8 Å². The van der Waals surface area contributed by atoms with E-state index in [2.05, 4.69) is 47.5 Å². The summed E-state index contributed by atoms with van der Waals surface area (Å²) in [6, 6.07) is 4.08. The average molecular weight is 202 g/mol. The van der Waals surface area contributed by atoms with Crippen LogP contribution in [-0.4, -0.2) is 4.57 Å². The minimum Gasteiger partial charge on any atom is -0.337 e. The summed E-state index contributed by atoms with van der Waals surface area (Å²) in [4.78, 5) is 0. The molecular weight excluding hydrogens is 190 g/mol. The van der Waals surface area contributed by atoms with Gasteiger partial charge in [0.2, 0.25) is 0 Å². The lowest BCUT2D eigenvalue weighted by molar-refractivity contribution is 0.392. The van der Waals surface area contributed by atoms with Crippen LogP contribution in [0, 0.1) is 0 Å². The maximum atomic E-state index is 3.46. The van der Waals surface area contributed by atoms with Gasteiger partial charge in [-0.05, 0) is 48.8 Å². The van der Waals surface area contributed by atoms with Crippen molar-refractivity contribution in [3.8, 4) is 0 Å². The van der Waals surface area contributed by atoms with Crippen LogP contribution in [0.4, 0.5) is 0 Å². The molecule has 1 rings (SSSR count). The zero-order valence-corrected chi connectivity index (χ0v) is 8.14. The highest BCUT2D eigenvalue weighted by atomic mass is 79.9. The quantitative estimate of drug-likeness (QED) is 0.609. The third kappa shape index (κ3) is 1.43. The van der Waals surface area contributed by atoms with Gasteiger partial charge in [0.1, 0.15) is 0 Å². The van der Waals surface area contributed by atoms with Gasteiger partial charge < -0.3 is 4.57 Å². The van der Waals surface area contributed by atoms with E-state index in [-0.39, 0.29) is 5.54 Å². The molecule has 0 fully saturated rings. The van der Waals surface area contributed by atoms with Crippen LogP contribution >= 0.6 is 15.9 Å². The van der Waals surface area contributed by atoms with Crippen molar-refractivity contribution in [2.45, 2.75) is 26.3 Å². The topological polar surface area (TPSA) is 4.93 Å². The van der Waals surface area contributed by atoms with Crippen LogP contribution in [0.2, 0.25) is 0 Å². The number of halogens is 1. The minimum absolute atomic E-state index is 0.183. The Bertz CT molecular complexity index is 219. The lowest BCUT2D eigenvalue weighted by Gasteiger charge is -2.22. The summed E-state index contributed by atoms with van der Waals surface area (Å²) in [7, 11) is 0. The van der Waals surface area contributed by atoms with Crippen LogP contribution in [0.5, 0.6) is 0 Å². The number of hydrogen-bond acceptors (Lipinski definition) is 0. The number of aromatic nitrogens is 1. The molecule has 0 amide bonds. The molecule has 56 valence electrons. The van der Waals surface area contributed by atoms with Crippen LogP contribution < -0.4 is 0 Å². The standard InChI is InChI=1S/C8H12BrN/c1-8(2,3)10-6-4-5-7(10)9/h4-6H,1-3H3. The smallest absolute Gasteiger partial charge is 0.0851 e. The lowest BCUT2D eigenvalue weighted by atomic mass is 10.1. The largest absolute Gasteiger partial charge is 0.337 e. The Morgan fingerprint density at radius 3 is 2.20 bits per heavy atom. The molecule has 10 heavy (non-hydrogen) atoms. The van der Waals surface area contributed by atoms with Crippen molar-refractivity contribution in [3.05, 3.63) is 22.9 Å². The predicted molar refractivity (Wildman–Crippen MR) is 47.1 cm³/mol. The summed E-state index contributed by atoms with van der Waals surface area (Å²) in [5.41, 5.74) is 0.183. The first-order valence-corrected chi connectivity index (χ1v) is 4.14. The van der Waals surface area contributed by atoms with E-state index < -0.39 is 0 Å². The highest BCUT2D eigenvalue weighted by Crippen LogP contribution is 2.21. The molecule has 0 bridgehead atoms. The van der Waals surface area contributed by atoms with Gasteiger partial charge in [0, 0.05) is 11.7 Å². The van der Waals surface area contributed by atoms with Crippen molar-refractivity contribution in [1.29, 1.82) is 0 Å². The normalized spacial score (nSPS) is 12.0. The molecule has 1 nitrogen and oxygen atoms in total. The van der Waals surface area contributed by atoms with Crippen molar-refractivity contribution < 1.29 is 0 Å². The van der Waals surface area contributed by atoms with E-state index in [1.54, 1.807) is 0 Å². The van der Waals surface area contributed by atoms with E-state index in [4.69, 9.17) is 0 Å². The number of hydrogen-bond donors (Lipinski definition) is 0. The Morgan fingerprint density at radius 2 is 2.00 bits per heavy atom. The second-order valence-electron chi connectivity index (χ2n) is 3.37. The maximum absolute atomic E-state index is 3.46. The van der Waals surface area contributed by atoms with Crippen molar-refractivity contribution in [2.24, 2.45) is 0 Å². The highest BCUT2D eigenvalue weighted by molar-refractivity contribution is 9.10. The predicted octanol–water partition coefficient (Wildman–Crippen LogP) is 3.01. The maximum Gasteiger partial charge on any atom is 0.0851 e. The molecule has 0 aliphatic heterocycles. The van der Waals surface area contributed by atoms with E-state index in [0.717, 1.165) is 4.60 Å². The molecule has 2 heteroatoms. The molecule has 1 aromatic rings.